The molecule has 0 unspecified atom stereocenters. The molecule has 2 rings (SSSR count). The average molecular weight is 189 g/mol. The summed E-state index contributed by atoms with van der Waals surface area (Å²) in [5.41, 5.74) is 3.28. The monoisotopic (exact) mass is 189 g/mol. The van der Waals surface area contributed by atoms with Gasteiger partial charge in [0, 0.05) is 5.56 Å². The summed E-state index contributed by atoms with van der Waals surface area (Å²) in [4.78, 5) is 15.3. The lowest BCUT2D eigenvalue weighted by molar-refractivity contribution is 0.101. The minimum absolute atomic E-state index is 0.0598. The maximum absolute atomic E-state index is 11.2. The smallest absolute Gasteiger partial charge is 0.181 e. The van der Waals surface area contributed by atoms with E-state index in [9.17, 15) is 4.79 Å². The van der Waals surface area contributed by atoms with Crippen LogP contribution in [-0.2, 0) is 6.42 Å². The van der Waals surface area contributed by atoms with Gasteiger partial charge >= 0.3 is 0 Å². The maximum Gasteiger partial charge on any atom is 0.181 e. The van der Waals surface area contributed by atoms with Crippen molar-refractivity contribution in [2.75, 3.05) is 0 Å². The predicted octanol–water partition coefficient (Wildman–Crippen LogP) is 2.59. The van der Waals surface area contributed by atoms with Crippen molar-refractivity contribution in [2.45, 2.75) is 20.3 Å². The van der Waals surface area contributed by atoms with Crippen LogP contribution in [0.15, 0.2) is 22.9 Å². The van der Waals surface area contributed by atoms with Crippen molar-refractivity contribution in [1.29, 1.82) is 0 Å². The molecule has 3 heteroatoms. The van der Waals surface area contributed by atoms with Gasteiger partial charge < -0.3 is 4.42 Å². The fourth-order valence-electron chi connectivity index (χ4n) is 1.51. The van der Waals surface area contributed by atoms with E-state index >= 15 is 0 Å². The first-order chi connectivity index (χ1) is 6.72. The number of Topliss-reactive ketones (excluding diaryl/α,β-unsaturated/α-hetero) is 1. The van der Waals surface area contributed by atoms with Crippen molar-refractivity contribution in [2.24, 2.45) is 0 Å². The Morgan fingerprint density at radius 2 is 2.29 bits per heavy atom. The van der Waals surface area contributed by atoms with E-state index in [1.165, 1.54) is 6.39 Å². The van der Waals surface area contributed by atoms with Crippen molar-refractivity contribution in [3.63, 3.8) is 0 Å². The molecule has 3 nitrogen and oxygen atoms in total. The standard InChI is InChI=1S/C11H11NO2/c1-3-8-4-9(7(2)13)5-10-11(8)14-6-12-10/h4-6H,3H2,1-2H3. The Morgan fingerprint density at radius 3 is 2.93 bits per heavy atom. The first kappa shape index (κ1) is 8.94. The molecule has 2 aromatic rings. The van der Waals surface area contributed by atoms with Crippen LogP contribution >= 0.6 is 0 Å². The molecule has 1 aromatic carbocycles. The lowest BCUT2D eigenvalue weighted by Crippen LogP contribution is -1.94. The fraction of sp³-hybridized carbons (Fsp3) is 0.273. The van der Waals surface area contributed by atoms with Crippen molar-refractivity contribution >= 4 is 16.9 Å². The van der Waals surface area contributed by atoms with Crippen LogP contribution in [0.2, 0.25) is 0 Å². The molecule has 72 valence electrons. The first-order valence-corrected chi connectivity index (χ1v) is 4.59. The number of ketones is 1. The summed E-state index contributed by atoms with van der Waals surface area (Å²) >= 11 is 0. The lowest BCUT2D eigenvalue weighted by Gasteiger charge is -2.00. The second-order valence-electron chi connectivity index (χ2n) is 3.25. The normalized spacial score (nSPS) is 10.7. The number of oxazole rings is 1. The molecule has 1 heterocycles. The summed E-state index contributed by atoms with van der Waals surface area (Å²) in [7, 11) is 0. The van der Waals surface area contributed by atoms with Crippen LogP contribution in [-0.4, -0.2) is 10.8 Å². The number of aromatic nitrogens is 1. The van der Waals surface area contributed by atoms with Gasteiger partial charge in [0.15, 0.2) is 17.8 Å². The third-order valence-corrected chi connectivity index (χ3v) is 2.30. The predicted molar refractivity (Wildman–Crippen MR) is 53.4 cm³/mol. The van der Waals surface area contributed by atoms with Crippen molar-refractivity contribution in [1.82, 2.24) is 4.98 Å². The van der Waals surface area contributed by atoms with Gasteiger partial charge in [-0.15, -0.1) is 0 Å². The Bertz CT molecular complexity index is 485. The van der Waals surface area contributed by atoms with Gasteiger partial charge in [0.25, 0.3) is 0 Å². The molecule has 0 aliphatic rings. The number of carbonyl (C=O) groups excluding carboxylic acids is 1. The van der Waals surface area contributed by atoms with Crippen LogP contribution < -0.4 is 0 Å². The zero-order chi connectivity index (χ0) is 10.1. The molecule has 0 radical (unpaired) electrons. The number of benzene rings is 1. The van der Waals surface area contributed by atoms with Crippen LogP contribution in [0.4, 0.5) is 0 Å². The molecule has 14 heavy (non-hydrogen) atoms. The molecule has 0 spiro atoms. The second kappa shape index (κ2) is 3.25. The SMILES string of the molecule is CCc1cc(C(C)=O)cc2ncoc12. The molecule has 0 atom stereocenters. The molecular formula is C11H11NO2. The molecule has 0 bridgehead atoms. The Kier molecular flexibility index (Phi) is 2.08. The molecule has 0 aliphatic heterocycles. The average Bonchev–Trinajstić information content (AvgIpc) is 2.63. The summed E-state index contributed by atoms with van der Waals surface area (Å²) in [5, 5.41) is 0. The first-order valence-electron chi connectivity index (χ1n) is 4.59. The van der Waals surface area contributed by atoms with E-state index in [1.807, 2.05) is 13.0 Å². The van der Waals surface area contributed by atoms with E-state index in [0.717, 1.165) is 23.1 Å². The molecule has 0 amide bonds. The van der Waals surface area contributed by atoms with E-state index in [1.54, 1.807) is 13.0 Å². The Morgan fingerprint density at radius 1 is 1.50 bits per heavy atom. The second-order valence-corrected chi connectivity index (χ2v) is 3.25. The Labute approximate surface area is 81.7 Å². The van der Waals surface area contributed by atoms with Gasteiger partial charge in [-0.1, -0.05) is 6.92 Å². The molecule has 0 saturated carbocycles. The summed E-state index contributed by atoms with van der Waals surface area (Å²) in [5.74, 6) is 0.0598. The quantitative estimate of drug-likeness (QED) is 0.682. The van der Waals surface area contributed by atoms with Gasteiger partial charge in [0.05, 0.1) is 0 Å². The van der Waals surface area contributed by atoms with Gasteiger partial charge in [0.2, 0.25) is 0 Å². The fourth-order valence-corrected chi connectivity index (χ4v) is 1.51. The van der Waals surface area contributed by atoms with Crippen LogP contribution in [0.3, 0.4) is 0 Å². The number of hydrogen-bond acceptors (Lipinski definition) is 3. The molecule has 0 N–H and O–H groups in total. The van der Waals surface area contributed by atoms with E-state index in [2.05, 4.69) is 4.98 Å². The third kappa shape index (κ3) is 1.31. The zero-order valence-corrected chi connectivity index (χ0v) is 8.20. The minimum Gasteiger partial charge on any atom is -0.443 e. The zero-order valence-electron chi connectivity index (χ0n) is 8.20. The summed E-state index contributed by atoms with van der Waals surface area (Å²) in [6.45, 7) is 3.59. The number of fused-ring (bicyclic) bond motifs is 1. The largest absolute Gasteiger partial charge is 0.443 e. The molecule has 1 aromatic heterocycles. The van der Waals surface area contributed by atoms with E-state index < -0.39 is 0 Å². The van der Waals surface area contributed by atoms with Crippen molar-refractivity contribution in [3.8, 4) is 0 Å². The van der Waals surface area contributed by atoms with Gasteiger partial charge in [-0.05, 0) is 31.0 Å². The van der Waals surface area contributed by atoms with Crippen LogP contribution in [0.25, 0.3) is 11.1 Å². The minimum atomic E-state index is 0.0598. The maximum atomic E-state index is 11.2. The summed E-state index contributed by atoms with van der Waals surface area (Å²) in [6, 6.07) is 3.64. The van der Waals surface area contributed by atoms with Gasteiger partial charge in [-0.25, -0.2) is 4.98 Å². The number of aryl methyl sites for hydroxylation is 1. The highest BCUT2D eigenvalue weighted by Gasteiger charge is 2.08. The van der Waals surface area contributed by atoms with E-state index in [0.29, 0.717) is 5.56 Å². The topological polar surface area (TPSA) is 43.1 Å². The highest BCUT2D eigenvalue weighted by atomic mass is 16.3. The van der Waals surface area contributed by atoms with Crippen LogP contribution in [0, 0.1) is 0 Å². The lowest BCUT2D eigenvalue weighted by atomic mass is 10.0. The summed E-state index contributed by atoms with van der Waals surface area (Å²) in [6.07, 6.45) is 2.25. The van der Waals surface area contributed by atoms with Crippen molar-refractivity contribution in [3.05, 3.63) is 29.7 Å². The third-order valence-electron chi connectivity index (χ3n) is 2.30. The van der Waals surface area contributed by atoms with Gasteiger partial charge in [-0.2, -0.15) is 0 Å². The Balaban J connectivity index is 2.73. The van der Waals surface area contributed by atoms with Crippen LogP contribution in [0.1, 0.15) is 29.8 Å². The van der Waals surface area contributed by atoms with Crippen LogP contribution in [0.5, 0.6) is 0 Å². The highest BCUT2D eigenvalue weighted by Crippen LogP contribution is 2.20. The molecule has 0 saturated heterocycles. The summed E-state index contributed by atoms with van der Waals surface area (Å²) < 4.78 is 5.25. The highest BCUT2D eigenvalue weighted by molar-refractivity contribution is 5.97. The number of rotatable bonds is 2. The number of nitrogens with zero attached hydrogens (tertiary/aromatic N) is 1. The Hall–Kier alpha value is -1.64. The van der Waals surface area contributed by atoms with Gasteiger partial charge in [0.1, 0.15) is 5.52 Å². The number of hydrogen-bond donors (Lipinski definition) is 0. The van der Waals surface area contributed by atoms with E-state index in [-0.39, 0.29) is 5.78 Å². The van der Waals surface area contributed by atoms with Gasteiger partial charge in [-0.3, -0.25) is 4.79 Å². The van der Waals surface area contributed by atoms with Crippen molar-refractivity contribution < 1.29 is 9.21 Å². The molecular weight excluding hydrogens is 178 g/mol. The molecule has 0 aliphatic carbocycles. The number of carbonyl (C=O) groups is 1. The molecule has 0 fully saturated rings. The van der Waals surface area contributed by atoms with E-state index in [4.69, 9.17) is 4.42 Å².